The van der Waals surface area contributed by atoms with Crippen LogP contribution in [0.3, 0.4) is 0 Å². The Morgan fingerprint density at radius 3 is 2.22 bits per heavy atom. The molecule has 2 aliphatic rings. The molecule has 27 heavy (non-hydrogen) atoms. The predicted octanol–water partition coefficient (Wildman–Crippen LogP) is 1.27. The van der Waals surface area contributed by atoms with E-state index in [1.54, 1.807) is 44.4 Å². The zero-order valence-corrected chi connectivity index (χ0v) is 17.3. The number of hydrogen-bond acceptors (Lipinski definition) is 9. The largest absolute Gasteiger partial charge is 0.462 e. The second-order valence-electron chi connectivity index (χ2n) is 6.66. The zero-order chi connectivity index (χ0) is 20.2. The number of carbonyl (C=O) groups is 2. The maximum absolute atomic E-state index is 12.3. The number of likely N-dealkylation sites (tertiary alicyclic amines) is 1. The molecule has 0 saturated carbocycles. The van der Waals surface area contributed by atoms with Crippen molar-refractivity contribution in [1.29, 1.82) is 0 Å². The van der Waals surface area contributed by atoms with Crippen LogP contribution in [0.25, 0.3) is 0 Å². The second kappa shape index (κ2) is 9.27. The minimum Gasteiger partial charge on any atom is -0.462 e. The Morgan fingerprint density at radius 2 is 1.70 bits per heavy atom. The number of thioether (sulfide) groups is 1. The lowest BCUT2D eigenvalue weighted by molar-refractivity contribution is -0.152. The summed E-state index contributed by atoms with van der Waals surface area (Å²) in [4.78, 5) is 26.3. The molecule has 154 valence electrons. The summed E-state index contributed by atoms with van der Waals surface area (Å²) >= 11 is 1.59. The molecule has 2 fully saturated rings. The highest BCUT2D eigenvalue weighted by molar-refractivity contribution is 7.99. The molecule has 8 nitrogen and oxygen atoms in total. The fourth-order valence-corrected chi connectivity index (χ4v) is 4.29. The molecule has 2 heterocycles. The average Bonchev–Trinajstić information content (AvgIpc) is 2.92. The minimum atomic E-state index is -0.827. The summed E-state index contributed by atoms with van der Waals surface area (Å²) in [5, 5.41) is 10.3. The Morgan fingerprint density at radius 1 is 1.15 bits per heavy atom. The van der Waals surface area contributed by atoms with E-state index in [0.29, 0.717) is 0 Å². The van der Waals surface area contributed by atoms with Crippen molar-refractivity contribution in [3.63, 3.8) is 0 Å². The summed E-state index contributed by atoms with van der Waals surface area (Å²) in [7, 11) is 0. The monoisotopic (exact) mass is 403 g/mol. The number of fused-ring (bicyclic) bond motifs is 1. The van der Waals surface area contributed by atoms with Gasteiger partial charge < -0.3 is 29.0 Å². The number of piperidine rings is 1. The first-order valence-electron chi connectivity index (χ1n) is 9.21. The van der Waals surface area contributed by atoms with Gasteiger partial charge >= 0.3 is 11.9 Å². The SMILES string of the molecule is CCOC(=O)C(=CN1C[C@@H](O)[C@H]2OC(C)(C)O[C@H]2[C@@H]1SCC)C(=O)OCC. The zero-order valence-electron chi connectivity index (χ0n) is 16.5. The molecule has 0 bridgehead atoms. The number of ether oxygens (including phenoxy) is 4. The van der Waals surface area contributed by atoms with Gasteiger partial charge in [0.15, 0.2) is 11.4 Å². The van der Waals surface area contributed by atoms with Crippen molar-refractivity contribution in [2.45, 2.75) is 64.1 Å². The smallest absolute Gasteiger partial charge is 0.347 e. The van der Waals surface area contributed by atoms with Crippen LogP contribution in [-0.4, -0.2) is 76.9 Å². The quantitative estimate of drug-likeness (QED) is 0.292. The van der Waals surface area contributed by atoms with Crippen molar-refractivity contribution in [1.82, 2.24) is 4.90 Å². The molecule has 0 aromatic carbocycles. The molecule has 2 rings (SSSR count). The predicted molar refractivity (Wildman–Crippen MR) is 99.8 cm³/mol. The van der Waals surface area contributed by atoms with Crippen LogP contribution in [0.5, 0.6) is 0 Å². The van der Waals surface area contributed by atoms with Crippen LogP contribution in [0.1, 0.15) is 34.6 Å². The maximum atomic E-state index is 12.3. The third-order valence-corrected chi connectivity index (χ3v) is 5.39. The molecule has 2 aliphatic heterocycles. The maximum Gasteiger partial charge on any atom is 0.347 e. The van der Waals surface area contributed by atoms with Crippen molar-refractivity contribution in [2.75, 3.05) is 25.5 Å². The van der Waals surface area contributed by atoms with E-state index in [1.165, 1.54) is 6.20 Å². The van der Waals surface area contributed by atoms with Crippen LogP contribution in [0.2, 0.25) is 0 Å². The number of aliphatic hydroxyl groups is 1. The molecule has 0 aromatic rings. The van der Waals surface area contributed by atoms with Gasteiger partial charge in [-0.25, -0.2) is 9.59 Å². The first-order valence-corrected chi connectivity index (χ1v) is 10.3. The molecule has 0 amide bonds. The van der Waals surface area contributed by atoms with E-state index in [-0.39, 0.29) is 30.7 Å². The van der Waals surface area contributed by atoms with E-state index < -0.39 is 36.0 Å². The number of β-amino-alcohol motifs (C(OH)–C–C–N with tert-alkyl or cyclic N) is 1. The Labute approximate surface area is 164 Å². The summed E-state index contributed by atoms with van der Waals surface area (Å²) in [6.07, 6.45) is -0.289. The number of nitrogens with zero attached hydrogens (tertiary/aromatic N) is 1. The van der Waals surface area contributed by atoms with E-state index in [1.807, 2.05) is 6.92 Å². The van der Waals surface area contributed by atoms with Crippen LogP contribution in [0.4, 0.5) is 0 Å². The van der Waals surface area contributed by atoms with Gasteiger partial charge in [-0.15, -0.1) is 11.8 Å². The number of rotatable bonds is 7. The van der Waals surface area contributed by atoms with Gasteiger partial charge in [0.2, 0.25) is 0 Å². The van der Waals surface area contributed by atoms with E-state index in [9.17, 15) is 14.7 Å². The van der Waals surface area contributed by atoms with Gasteiger partial charge in [0.05, 0.1) is 13.2 Å². The van der Waals surface area contributed by atoms with Crippen molar-refractivity contribution < 1.29 is 33.6 Å². The summed E-state index contributed by atoms with van der Waals surface area (Å²) < 4.78 is 21.9. The van der Waals surface area contributed by atoms with Crippen molar-refractivity contribution >= 4 is 23.7 Å². The highest BCUT2D eigenvalue weighted by atomic mass is 32.2. The van der Waals surface area contributed by atoms with Crippen LogP contribution in [0.15, 0.2) is 11.8 Å². The van der Waals surface area contributed by atoms with E-state index in [2.05, 4.69) is 0 Å². The molecule has 0 radical (unpaired) electrons. The van der Waals surface area contributed by atoms with Crippen LogP contribution < -0.4 is 0 Å². The van der Waals surface area contributed by atoms with E-state index >= 15 is 0 Å². The first-order chi connectivity index (χ1) is 12.7. The van der Waals surface area contributed by atoms with Crippen LogP contribution >= 0.6 is 11.8 Å². The summed E-state index contributed by atoms with van der Waals surface area (Å²) in [6.45, 7) is 9.41. The third-order valence-electron chi connectivity index (χ3n) is 4.17. The summed E-state index contributed by atoms with van der Waals surface area (Å²) in [5.41, 5.74) is -0.204. The molecule has 2 saturated heterocycles. The molecular formula is C18H29NO7S. The average molecular weight is 403 g/mol. The molecule has 0 aliphatic carbocycles. The molecule has 0 spiro atoms. The molecular weight excluding hydrogens is 374 g/mol. The van der Waals surface area contributed by atoms with E-state index in [0.717, 1.165) is 5.75 Å². The number of hydrogen-bond donors (Lipinski definition) is 1. The van der Waals surface area contributed by atoms with Crippen molar-refractivity contribution in [2.24, 2.45) is 0 Å². The molecule has 0 unspecified atom stereocenters. The van der Waals surface area contributed by atoms with Gasteiger partial charge in [-0.2, -0.15) is 0 Å². The van der Waals surface area contributed by atoms with Gasteiger partial charge in [0.25, 0.3) is 0 Å². The third kappa shape index (κ3) is 5.16. The molecule has 0 aromatic heterocycles. The number of esters is 2. The van der Waals surface area contributed by atoms with Gasteiger partial charge in [-0.3, -0.25) is 0 Å². The van der Waals surface area contributed by atoms with Crippen molar-refractivity contribution in [3.8, 4) is 0 Å². The fourth-order valence-electron chi connectivity index (χ4n) is 3.21. The number of carbonyl (C=O) groups excluding carboxylic acids is 2. The van der Waals surface area contributed by atoms with Gasteiger partial charge in [-0.05, 0) is 33.4 Å². The molecule has 4 atom stereocenters. The fraction of sp³-hybridized carbons (Fsp3) is 0.778. The Hall–Kier alpha value is -1.29. The second-order valence-corrected chi connectivity index (χ2v) is 8.05. The first kappa shape index (κ1) is 22.0. The van der Waals surface area contributed by atoms with Gasteiger partial charge in [-0.1, -0.05) is 6.92 Å². The standard InChI is InChI=1S/C18H29NO7S/c1-6-23-16(21)11(17(22)24-7-2)9-19-10-12(20)13-14(15(19)27-8-3)26-18(4,5)25-13/h9,12-15,20H,6-8,10H2,1-5H3/t12-,13-,14-,15+/m1/s1. The highest BCUT2D eigenvalue weighted by Crippen LogP contribution is 2.40. The lowest BCUT2D eigenvalue weighted by Crippen LogP contribution is -2.57. The lowest BCUT2D eigenvalue weighted by Gasteiger charge is -2.42. The topological polar surface area (TPSA) is 94.5 Å². The Bertz CT molecular complexity index is 560. The van der Waals surface area contributed by atoms with Crippen molar-refractivity contribution in [3.05, 3.63) is 11.8 Å². The number of aliphatic hydroxyl groups excluding tert-OH is 1. The minimum absolute atomic E-state index is 0.140. The van der Waals surface area contributed by atoms with Crippen LogP contribution in [-0.2, 0) is 28.5 Å². The van der Waals surface area contributed by atoms with E-state index in [4.69, 9.17) is 18.9 Å². The highest BCUT2D eigenvalue weighted by Gasteiger charge is 2.53. The van der Waals surface area contributed by atoms with Crippen LogP contribution in [0, 0.1) is 0 Å². The lowest BCUT2D eigenvalue weighted by atomic mass is 10.0. The van der Waals surface area contributed by atoms with Gasteiger partial charge in [0, 0.05) is 12.7 Å². The Balaban J connectivity index is 2.35. The van der Waals surface area contributed by atoms with Gasteiger partial charge in [0.1, 0.15) is 23.7 Å². The Kier molecular flexibility index (Phi) is 7.55. The summed E-state index contributed by atoms with van der Waals surface area (Å²) in [6, 6.07) is 0. The molecule has 9 heteroatoms. The summed E-state index contributed by atoms with van der Waals surface area (Å²) in [5.74, 6) is -1.53. The molecule has 1 N–H and O–H groups in total. The normalized spacial score (nSPS) is 29.0.